The molecule has 40 heavy (non-hydrogen) atoms. The number of nitriles is 1. The molecule has 0 saturated carbocycles. The fourth-order valence-electron chi connectivity index (χ4n) is 4.96. The summed E-state index contributed by atoms with van der Waals surface area (Å²) in [7, 11) is 1.54. The van der Waals surface area contributed by atoms with Crippen molar-refractivity contribution in [2.45, 2.75) is 39.2 Å². The van der Waals surface area contributed by atoms with Crippen molar-refractivity contribution >= 4 is 46.3 Å². The standard InChI is InChI=1S/C31H30Cl2N4O3/c1-6-40-30(38)27(35)26-28(36-23-15-20(33)9-7-17(23)2)21-11-10-19(32)14-22(21)31(3,4)29(26)37-24-13-18(16-34)8-12-25(24)39-5/h7-15,28,35-37H,6H2,1-5H3. The average Bonchev–Trinajstić information content (AvgIpc) is 2.93. The SMILES string of the molecule is CCOC(=O)C(=N)C1=C(Nc2cc(C#N)ccc2OC)C(C)(C)c2cc(Cl)ccc2C1Nc1cc(Cl)ccc1C. The Morgan fingerprint density at radius 3 is 2.45 bits per heavy atom. The molecule has 1 aliphatic rings. The van der Waals surface area contributed by atoms with E-state index >= 15 is 0 Å². The van der Waals surface area contributed by atoms with Crippen LogP contribution in [0.1, 0.15) is 49.1 Å². The number of halogens is 2. The number of nitrogens with one attached hydrogen (secondary N) is 3. The smallest absolute Gasteiger partial charge is 0.356 e. The van der Waals surface area contributed by atoms with Gasteiger partial charge in [-0.2, -0.15) is 5.26 Å². The number of aryl methyl sites for hydroxylation is 1. The van der Waals surface area contributed by atoms with Crippen LogP contribution in [0.2, 0.25) is 10.0 Å². The first-order chi connectivity index (χ1) is 19.0. The number of methoxy groups -OCH3 is 1. The van der Waals surface area contributed by atoms with Crippen LogP contribution in [0.3, 0.4) is 0 Å². The van der Waals surface area contributed by atoms with E-state index in [1.165, 1.54) is 7.11 Å². The van der Waals surface area contributed by atoms with Crippen LogP contribution in [0.4, 0.5) is 11.4 Å². The van der Waals surface area contributed by atoms with E-state index in [-0.39, 0.29) is 12.3 Å². The van der Waals surface area contributed by atoms with E-state index in [1.54, 1.807) is 37.3 Å². The third-order valence-electron chi connectivity index (χ3n) is 7.02. The van der Waals surface area contributed by atoms with E-state index in [0.717, 1.165) is 22.4 Å². The Kier molecular flexibility index (Phi) is 8.43. The van der Waals surface area contributed by atoms with Crippen molar-refractivity contribution in [3.63, 3.8) is 0 Å². The largest absolute Gasteiger partial charge is 0.495 e. The molecule has 1 aliphatic carbocycles. The van der Waals surface area contributed by atoms with Crippen LogP contribution in [0.25, 0.3) is 0 Å². The third-order valence-corrected chi connectivity index (χ3v) is 7.49. The molecule has 3 N–H and O–H groups in total. The Morgan fingerprint density at radius 2 is 1.77 bits per heavy atom. The lowest BCUT2D eigenvalue weighted by Gasteiger charge is -2.42. The predicted octanol–water partition coefficient (Wildman–Crippen LogP) is 7.58. The molecule has 0 heterocycles. The minimum Gasteiger partial charge on any atom is -0.495 e. The van der Waals surface area contributed by atoms with Gasteiger partial charge in [-0.25, -0.2) is 4.79 Å². The first-order valence-electron chi connectivity index (χ1n) is 12.7. The molecule has 3 aromatic carbocycles. The van der Waals surface area contributed by atoms with Gasteiger partial charge in [0.1, 0.15) is 11.5 Å². The molecule has 1 unspecified atom stereocenters. The van der Waals surface area contributed by atoms with E-state index in [9.17, 15) is 10.1 Å². The molecule has 0 aliphatic heterocycles. The summed E-state index contributed by atoms with van der Waals surface area (Å²) in [5, 5.41) is 26.7. The van der Waals surface area contributed by atoms with Crippen LogP contribution in [0.5, 0.6) is 5.75 Å². The van der Waals surface area contributed by atoms with Crippen LogP contribution in [-0.4, -0.2) is 25.4 Å². The topological polar surface area (TPSA) is 107 Å². The molecule has 0 fully saturated rings. The number of hydrogen-bond acceptors (Lipinski definition) is 7. The minimum atomic E-state index is -0.760. The summed E-state index contributed by atoms with van der Waals surface area (Å²) in [5.74, 6) is -0.256. The van der Waals surface area contributed by atoms with Crippen molar-refractivity contribution in [3.8, 4) is 11.8 Å². The van der Waals surface area contributed by atoms with Gasteiger partial charge in [0, 0.05) is 32.4 Å². The van der Waals surface area contributed by atoms with Gasteiger partial charge in [0.15, 0.2) is 0 Å². The Labute approximate surface area is 244 Å². The van der Waals surface area contributed by atoms with Gasteiger partial charge in [0.2, 0.25) is 0 Å². The summed E-state index contributed by atoms with van der Waals surface area (Å²) in [4.78, 5) is 13.1. The van der Waals surface area contributed by atoms with E-state index in [4.69, 9.17) is 38.1 Å². The number of carbonyl (C=O) groups is 1. The summed E-state index contributed by atoms with van der Waals surface area (Å²) >= 11 is 12.8. The van der Waals surface area contributed by atoms with Crippen LogP contribution in [0, 0.1) is 23.7 Å². The predicted molar refractivity (Wildman–Crippen MR) is 160 cm³/mol. The van der Waals surface area contributed by atoms with E-state index in [2.05, 4.69) is 16.7 Å². The fraction of sp³-hybridized carbons (Fsp3) is 0.258. The molecule has 0 aromatic heterocycles. The van der Waals surface area contributed by atoms with E-state index in [1.807, 2.05) is 45.0 Å². The zero-order chi connectivity index (χ0) is 29.2. The van der Waals surface area contributed by atoms with Crippen LogP contribution < -0.4 is 15.4 Å². The van der Waals surface area contributed by atoms with Gasteiger partial charge in [0.25, 0.3) is 0 Å². The third kappa shape index (κ3) is 5.51. The molecule has 3 aromatic rings. The quantitative estimate of drug-likeness (QED) is 0.188. The van der Waals surface area contributed by atoms with Crippen molar-refractivity contribution in [3.05, 3.63) is 98.2 Å². The highest BCUT2D eigenvalue weighted by atomic mass is 35.5. The molecule has 4 rings (SSSR count). The Hall–Kier alpha value is -3.99. The molecule has 9 heteroatoms. The number of fused-ring (bicyclic) bond motifs is 1. The molecule has 206 valence electrons. The normalized spacial score (nSPS) is 15.5. The number of esters is 1. The molecule has 0 spiro atoms. The highest BCUT2D eigenvalue weighted by molar-refractivity contribution is 6.42. The molecule has 0 radical (unpaired) electrons. The summed E-state index contributed by atoms with van der Waals surface area (Å²) in [6, 6.07) is 17.6. The molecule has 0 bridgehead atoms. The molecule has 1 atom stereocenters. The number of benzene rings is 3. The lowest BCUT2D eigenvalue weighted by atomic mass is 9.68. The lowest BCUT2D eigenvalue weighted by Crippen LogP contribution is -2.40. The highest BCUT2D eigenvalue weighted by Gasteiger charge is 2.43. The van der Waals surface area contributed by atoms with Crippen LogP contribution in [-0.2, 0) is 14.9 Å². The number of hydrogen-bond donors (Lipinski definition) is 3. The first-order valence-corrected chi connectivity index (χ1v) is 13.5. The maximum absolute atomic E-state index is 13.1. The fourth-order valence-corrected chi connectivity index (χ4v) is 5.31. The number of nitrogens with zero attached hydrogens (tertiary/aromatic N) is 1. The van der Waals surface area contributed by atoms with Gasteiger partial charge in [-0.05, 0) is 73.0 Å². The van der Waals surface area contributed by atoms with E-state index < -0.39 is 17.4 Å². The number of rotatable bonds is 8. The van der Waals surface area contributed by atoms with Crippen molar-refractivity contribution in [1.29, 1.82) is 10.7 Å². The second kappa shape index (κ2) is 11.6. The Bertz CT molecular complexity index is 1570. The lowest BCUT2D eigenvalue weighted by molar-refractivity contribution is -0.135. The van der Waals surface area contributed by atoms with Crippen LogP contribution in [0.15, 0.2) is 65.9 Å². The van der Waals surface area contributed by atoms with Gasteiger partial charge >= 0.3 is 5.97 Å². The van der Waals surface area contributed by atoms with Gasteiger partial charge in [-0.15, -0.1) is 0 Å². The second-order valence-corrected chi connectivity index (χ2v) is 10.8. The van der Waals surface area contributed by atoms with Crippen LogP contribution >= 0.6 is 23.2 Å². The number of anilines is 2. The average molecular weight is 578 g/mol. The van der Waals surface area contributed by atoms with Gasteiger partial charge in [0.05, 0.1) is 37.1 Å². The highest BCUT2D eigenvalue weighted by Crippen LogP contribution is 2.49. The van der Waals surface area contributed by atoms with Gasteiger partial charge in [-0.1, -0.05) is 49.2 Å². The second-order valence-electron chi connectivity index (χ2n) is 9.93. The number of ether oxygens (including phenoxy) is 2. The minimum absolute atomic E-state index is 0.121. The van der Waals surface area contributed by atoms with Crippen molar-refractivity contribution in [2.24, 2.45) is 0 Å². The molecular formula is C31H30Cl2N4O3. The monoisotopic (exact) mass is 576 g/mol. The van der Waals surface area contributed by atoms with Crippen molar-refractivity contribution in [1.82, 2.24) is 0 Å². The first kappa shape index (κ1) is 29.0. The van der Waals surface area contributed by atoms with Crippen molar-refractivity contribution < 1.29 is 14.3 Å². The summed E-state index contributed by atoms with van der Waals surface area (Å²) in [6.07, 6.45) is 0. The summed E-state index contributed by atoms with van der Waals surface area (Å²) in [5.41, 5.74) is 4.26. The molecule has 7 nitrogen and oxygen atoms in total. The van der Waals surface area contributed by atoms with E-state index in [0.29, 0.717) is 38.3 Å². The maximum atomic E-state index is 13.1. The Balaban J connectivity index is 2.04. The molecule has 0 amide bonds. The van der Waals surface area contributed by atoms with Gasteiger partial charge < -0.3 is 20.1 Å². The Morgan fingerprint density at radius 1 is 1.07 bits per heavy atom. The van der Waals surface area contributed by atoms with Gasteiger partial charge in [-0.3, -0.25) is 5.41 Å². The zero-order valence-corrected chi connectivity index (χ0v) is 24.4. The number of allylic oxidation sites excluding steroid dienone is 1. The maximum Gasteiger partial charge on any atom is 0.356 e. The summed E-state index contributed by atoms with van der Waals surface area (Å²) in [6.45, 7) is 7.75. The van der Waals surface area contributed by atoms with Crippen molar-refractivity contribution in [2.75, 3.05) is 24.4 Å². The molecule has 0 saturated heterocycles. The zero-order valence-electron chi connectivity index (χ0n) is 22.9. The number of carbonyl (C=O) groups excluding carboxylic acids is 1. The summed E-state index contributed by atoms with van der Waals surface area (Å²) < 4.78 is 10.9. The molecular weight excluding hydrogens is 547 g/mol.